The van der Waals surface area contributed by atoms with Gasteiger partial charge in [0.1, 0.15) is 11.3 Å². The molecular weight excluding hydrogens is 426 g/mol. The molecule has 4 aromatic carbocycles. The molecule has 0 unspecified atom stereocenters. The Morgan fingerprint density at radius 2 is 1.38 bits per heavy atom. The summed E-state index contributed by atoms with van der Waals surface area (Å²) >= 11 is 0. The zero-order valence-corrected chi connectivity index (χ0v) is 18.3. The lowest BCUT2D eigenvalue weighted by molar-refractivity contribution is 0.0926. The number of carbonyl (C=O) groups is 2. The number of para-hydroxylation sites is 2. The third-order valence-electron chi connectivity index (χ3n) is 6.08. The number of nitrogens with one attached hydrogen (secondary N) is 1. The van der Waals surface area contributed by atoms with E-state index < -0.39 is 0 Å². The molecule has 0 atom stereocenters. The van der Waals surface area contributed by atoms with Crippen LogP contribution in [0.15, 0.2) is 91.0 Å². The maximum Gasteiger partial charge on any atom is 0.266 e. The number of ether oxygens (including phenoxy) is 1. The molecule has 1 aliphatic heterocycles. The van der Waals surface area contributed by atoms with Gasteiger partial charge >= 0.3 is 0 Å². The Morgan fingerprint density at radius 3 is 2.09 bits per heavy atom. The van der Waals surface area contributed by atoms with E-state index in [0.717, 1.165) is 33.2 Å². The number of fused-ring (bicyclic) bond motifs is 3. The van der Waals surface area contributed by atoms with Gasteiger partial charge in [-0.25, -0.2) is 9.88 Å². The summed E-state index contributed by atoms with van der Waals surface area (Å²) in [5.74, 6) is 0.0892. The van der Waals surface area contributed by atoms with Crippen LogP contribution in [0.2, 0.25) is 0 Å². The minimum absolute atomic E-state index is 0.306. The second kappa shape index (κ2) is 7.71. The third kappa shape index (κ3) is 3.00. The SMILES string of the molecule is COc1cccc2c(Nc3ccc(N4C(=O)c5ccccc5C4=O)cc3)c3ccccc3nc12. The Kier molecular flexibility index (Phi) is 4.52. The molecule has 0 saturated heterocycles. The van der Waals surface area contributed by atoms with Crippen molar-refractivity contribution in [3.05, 3.63) is 102 Å². The van der Waals surface area contributed by atoms with E-state index in [9.17, 15) is 9.59 Å². The number of aromatic nitrogens is 1. The molecule has 0 spiro atoms. The minimum Gasteiger partial charge on any atom is -0.494 e. The van der Waals surface area contributed by atoms with Crippen molar-refractivity contribution in [2.75, 3.05) is 17.3 Å². The molecule has 2 amide bonds. The molecule has 2 heterocycles. The number of nitrogens with zero attached hydrogens (tertiary/aromatic N) is 2. The summed E-state index contributed by atoms with van der Waals surface area (Å²) in [5.41, 5.74) is 4.74. The average molecular weight is 445 g/mol. The Balaban J connectivity index is 1.40. The molecule has 6 rings (SSSR count). The fraction of sp³-hybridized carbons (Fsp3) is 0.0357. The van der Waals surface area contributed by atoms with Gasteiger partial charge in [0.05, 0.1) is 35.1 Å². The maximum absolute atomic E-state index is 12.8. The summed E-state index contributed by atoms with van der Waals surface area (Å²) in [5, 5.41) is 5.43. The lowest BCUT2D eigenvalue weighted by atomic mass is 10.1. The van der Waals surface area contributed by atoms with Gasteiger partial charge in [-0.05, 0) is 48.5 Å². The Bertz CT molecular complexity index is 1570. The van der Waals surface area contributed by atoms with Gasteiger partial charge in [-0.1, -0.05) is 42.5 Å². The van der Waals surface area contributed by atoms with Crippen LogP contribution < -0.4 is 15.0 Å². The summed E-state index contributed by atoms with van der Waals surface area (Å²) in [7, 11) is 1.64. The van der Waals surface area contributed by atoms with Crippen molar-refractivity contribution in [3.8, 4) is 5.75 Å². The van der Waals surface area contributed by atoms with E-state index in [0.29, 0.717) is 22.6 Å². The molecule has 34 heavy (non-hydrogen) atoms. The van der Waals surface area contributed by atoms with E-state index in [1.165, 1.54) is 4.90 Å². The average Bonchev–Trinajstić information content (AvgIpc) is 3.14. The van der Waals surface area contributed by atoms with Crippen molar-refractivity contribution in [1.29, 1.82) is 0 Å². The van der Waals surface area contributed by atoms with E-state index in [2.05, 4.69) is 5.32 Å². The molecular formula is C28H19N3O3. The number of carbonyl (C=O) groups excluding carboxylic acids is 2. The number of methoxy groups -OCH3 is 1. The molecule has 0 fully saturated rings. The van der Waals surface area contributed by atoms with Crippen LogP contribution >= 0.6 is 0 Å². The van der Waals surface area contributed by atoms with Crippen LogP contribution in [0.25, 0.3) is 21.8 Å². The van der Waals surface area contributed by atoms with Gasteiger partial charge in [0.2, 0.25) is 0 Å². The van der Waals surface area contributed by atoms with Gasteiger partial charge in [0.25, 0.3) is 11.8 Å². The zero-order chi connectivity index (χ0) is 23.2. The van der Waals surface area contributed by atoms with E-state index >= 15 is 0 Å². The number of hydrogen-bond donors (Lipinski definition) is 1. The highest BCUT2D eigenvalue weighted by Gasteiger charge is 2.36. The highest BCUT2D eigenvalue weighted by molar-refractivity contribution is 6.34. The van der Waals surface area contributed by atoms with Crippen LogP contribution in [-0.2, 0) is 0 Å². The minimum atomic E-state index is -0.306. The number of pyridine rings is 1. The zero-order valence-electron chi connectivity index (χ0n) is 18.3. The fourth-order valence-electron chi connectivity index (χ4n) is 4.45. The molecule has 6 nitrogen and oxygen atoms in total. The predicted molar refractivity (Wildman–Crippen MR) is 133 cm³/mol. The molecule has 164 valence electrons. The number of anilines is 3. The number of hydrogen-bond acceptors (Lipinski definition) is 5. The summed E-state index contributed by atoms with van der Waals surface area (Å²) in [6, 6.07) is 27.9. The first-order valence-corrected chi connectivity index (χ1v) is 10.9. The molecule has 0 aliphatic carbocycles. The van der Waals surface area contributed by atoms with Crippen LogP contribution in [-0.4, -0.2) is 23.9 Å². The topological polar surface area (TPSA) is 71.5 Å². The predicted octanol–water partition coefficient (Wildman–Crippen LogP) is 5.94. The van der Waals surface area contributed by atoms with Crippen molar-refractivity contribution in [2.24, 2.45) is 0 Å². The van der Waals surface area contributed by atoms with Crippen LogP contribution in [0.3, 0.4) is 0 Å². The maximum atomic E-state index is 12.8. The lowest BCUT2D eigenvalue weighted by Gasteiger charge is -2.17. The monoisotopic (exact) mass is 445 g/mol. The third-order valence-corrected chi connectivity index (χ3v) is 6.08. The van der Waals surface area contributed by atoms with Crippen molar-refractivity contribution in [3.63, 3.8) is 0 Å². The molecule has 5 aromatic rings. The van der Waals surface area contributed by atoms with Gasteiger partial charge in [-0.3, -0.25) is 9.59 Å². The largest absolute Gasteiger partial charge is 0.494 e. The smallest absolute Gasteiger partial charge is 0.266 e. The van der Waals surface area contributed by atoms with Crippen LogP contribution in [0, 0.1) is 0 Å². The Hall–Kier alpha value is -4.71. The number of benzene rings is 4. The second-order valence-electron chi connectivity index (χ2n) is 8.02. The van der Waals surface area contributed by atoms with Gasteiger partial charge in [0, 0.05) is 16.5 Å². The van der Waals surface area contributed by atoms with E-state index in [4.69, 9.17) is 9.72 Å². The van der Waals surface area contributed by atoms with Crippen molar-refractivity contribution < 1.29 is 14.3 Å². The first kappa shape index (κ1) is 19.9. The van der Waals surface area contributed by atoms with E-state index in [-0.39, 0.29) is 11.8 Å². The summed E-state index contributed by atoms with van der Waals surface area (Å²) < 4.78 is 5.54. The van der Waals surface area contributed by atoms with Gasteiger partial charge in [-0.15, -0.1) is 0 Å². The van der Waals surface area contributed by atoms with Gasteiger partial charge in [0.15, 0.2) is 0 Å². The molecule has 1 N–H and O–H groups in total. The highest BCUT2D eigenvalue weighted by Crippen LogP contribution is 2.37. The first-order valence-electron chi connectivity index (χ1n) is 10.9. The summed E-state index contributed by atoms with van der Waals surface area (Å²) in [4.78, 5) is 31.6. The Morgan fingerprint density at radius 1 is 0.735 bits per heavy atom. The molecule has 1 aromatic heterocycles. The van der Waals surface area contributed by atoms with Gasteiger partial charge < -0.3 is 10.1 Å². The van der Waals surface area contributed by atoms with E-state index in [1.54, 1.807) is 43.5 Å². The number of amides is 2. The van der Waals surface area contributed by atoms with Crippen LogP contribution in [0.4, 0.5) is 17.1 Å². The van der Waals surface area contributed by atoms with Crippen molar-refractivity contribution >= 4 is 50.7 Å². The lowest BCUT2D eigenvalue weighted by Crippen LogP contribution is -2.29. The fourth-order valence-corrected chi connectivity index (χ4v) is 4.45. The standard InChI is InChI=1S/C28H19N3O3/c1-34-24-12-6-10-22-25(21-9-4-5-11-23(21)30-26(22)24)29-17-13-15-18(16-14-17)31-27(32)19-7-2-3-8-20(19)28(31)33/h2-16H,1H3,(H,29,30). The normalized spacial score (nSPS) is 12.9. The van der Waals surface area contributed by atoms with E-state index in [1.807, 2.05) is 54.6 Å². The van der Waals surface area contributed by atoms with Crippen LogP contribution in [0.1, 0.15) is 20.7 Å². The highest BCUT2D eigenvalue weighted by atomic mass is 16.5. The van der Waals surface area contributed by atoms with Crippen LogP contribution in [0.5, 0.6) is 5.75 Å². The molecule has 0 saturated carbocycles. The number of imide groups is 1. The molecule has 6 heteroatoms. The summed E-state index contributed by atoms with van der Waals surface area (Å²) in [6.45, 7) is 0. The van der Waals surface area contributed by atoms with Crippen molar-refractivity contribution in [2.45, 2.75) is 0 Å². The summed E-state index contributed by atoms with van der Waals surface area (Å²) in [6.07, 6.45) is 0. The second-order valence-corrected chi connectivity index (χ2v) is 8.02. The first-order chi connectivity index (χ1) is 16.7. The molecule has 1 aliphatic rings. The molecule has 0 bridgehead atoms. The molecule has 0 radical (unpaired) electrons. The Labute approximate surface area is 195 Å². The van der Waals surface area contributed by atoms with Crippen molar-refractivity contribution in [1.82, 2.24) is 4.98 Å². The van der Waals surface area contributed by atoms with Gasteiger partial charge in [-0.2, -0.15) is 0 Å². The number of rotatable bonds is 4. The quantitative estimate of drug-likeness (QED) is 0.274.